The van der Waals surface area contributed by atoms with Crippen LogP contribution in [-0.2, 0) is 11.4 Å². The lowest BCUT2D eigenvalue weighted by molar-refractivity contribution is -0.113. The number of aromatic nitrogens is 3. The Morgan fingerprint density at radius 2 is 2.00 bits per heavy atom. The molecule has 29 heavy (non-hydrogen) atoms. The summed E-state index contributed by atoms with van der Waals surface area (Å²) < 4.78 is 5.73. The van der Waals surface area contributed by atoms with Crippen LogP contribution in [0, 0.1) is 6.92 Å². The van der Waals surface area contributed by atoms with Gasteiger partial charge in [0.2, 0.25) is 11.1 Å². The van der Waals surface area contributed by atoms with Gasteiger partial charge < -0.3 is 10.1 Å². The molecule has 152 valence electrons. The molecular formula is C21H23ClN4O2S. The van der Waals surface area contributed by atoms with Crippen LogP contribution in [0.25, 0.3) is 0 Å². The molecule has 1 heterocycles. The Bertz CT molecular complexity index is 973. The van der Waals surface area contributed by atoms with E-state index in [1.165, 1.54) is 17.3 Å². The maximum absolute atomic E-state index is 12.2. The van der Waals surface area contributed by atoms with Crippen molar-refractivity contribution in [3.63, 3.8) is 0 Å². The van der Waals surface area contributed by atoms with Crippen LogP contribution in [0.15, 0.2) is 47.6 Å². The van der Waals surface area contributed by atoms with Crippen molar-refractivity contribution in [2.45, 2.75) is 38.5 Å². The van der Waals surface area contributed by atoms with E-state index in [9.17, 15) is 4.79 Å². The van der Waals surface area contributed by atoms with E-state index in [-0.39, 0.29) is 18.3 Å². The number of thioether (sulfide) groups is 1. The predicted octanol–water partition coefficient (Wildman–Crippen LogP) is 5.20. The van der Waals surface area contributed by atoms with Crippen molar-refractivity contribution in [2.24, 2.45) is 0 Å². The van der Waals surface area contributed by atoms with Crippen molar-refractivity contribution in [1.82, 2.24) is 15.2 Å². The second-order valence-electron chi connectivity index (χ2n) is 6.87. The van der Waals surface area contributed by atoms with Gasteiger partial charge in [-0.2, -0.15) is 0 Å². The van der Waals surface area contributed by atoms with Crippen LogP contribution >= 0.6 is 23.4 Å². The lowest BCUT2D eigenvalue weighted by Crippen LogP contribution is -2.14. The maximum atomic E-state index is 12.2. The van der Waals surface area contributed by atoms with Crippen molar-refractivity contribution in [2.75, 3.05) is 11.1 Å². The third kappa shape index (κ3) is 6.24. The standard InChI is InChI=1S/C21H23ClN4O2S/c1-13(2)15-5-8-17(9-6-15)28-11-19-24-21(26-25-19)29-12-20(27)23-18-10-16(22)7-4-14(18)3/h4-10,13H,11-12H2,1-3H3,(H,23,27)(H,24,25,26). The fourth-order valence-electron chi connectivity index (χ4n) is 2.55. The highest BCUT2D eigenvalue weighted by molar-refractivity contribution is 7.99. The summed E-state index contributed by atoms with van der Waals surface area (Å²) in [7, 11) is 0. The summed E-state index contributed by atoms with van der Waals surface area (Å²) in [5.41, 5.74) is 2.92. The number of anilines is 1. The van der Waals surface area contributed by atoms with Gasteiger partial charge in [-0.25, -0.2) is 4.98 Å². The van der Waals surface area contributed by atoms with Gasteiger partial charge in [0, 0.05) is 10.7 Å². The summed E-state index contributed by atoms with van der Waals surface area (Å²) >= 11 is 7.23. The minimum Gasteiger partial charge on any atom is -0.486 e. The summed E-state index contributed by atoms with van der Waals surface area (Å²) in [6.07, 6.45) is 0. The highest BCUT2D eigenvalue weighted by Crippen LogP contribution is 2.22. The Morgan fingerprint density at radius 3 is 2.72 bits per heavy atom. The summed E-state index contributed by atoms with van der Waals surface area (Å²) in [4.78, 5) is 16.5. The number of hydrogen-bond donors (Lipinski definition) is 2. The first kappa shape index (κ1) is 21.2. The number of carbonyl (C=O) groups excluding carboxylic acids is 1. The third-order valence-corrected chi connectivity index (χ3v) is 5.32. The van der Waals surface area contributed by atoms with Crippen LogP contribution in [0.2, 0.25) is 5.02 Å². The number of nitrogens with one attached hydrogen (secondary N) is 2. The van der Waals surface area contributed by atoms with Gasteiger partial charge in [0.15, 0.2) is 5.82 Å². The first-order valence-electron chi connectivity index (χ1n) is 9.23. The van der Waals surface area contributed by atoms with Crippen molar-refractivity contribution in [3.8, 4) is 5.75 Å². The van der Waals surface area contributed by atoms with Gasteiger partial charge in [-0.05, 0) is 48.2 Å². The number of nitrogens with zero attached hydrogens (tertiary/aromatic N) is 2. The fraction of sp³-hybridized carbons (Fsp3) is 0.286. The molecule has 0 fully saturated rings. The zero-order valence-electron chi connectivity index (χ0n) is 16.5. The molecule has 0 atom stereocenters. The van der Waals surface area contributed by atoms with E-state index < -0.39 is 0 Å². The number of ether oxygens (including phenoxy) is 1. The Morgan fingerprint density at radius 1 is 1.24 bits per heavy atom. The van der Waals surface area contributed by atoms with Crippen LogP contribution in [-0.4, -0.2) is 26.8 Å². The number of aromatic amines is 1. The summed E-state index contributed by atoms with van der Waals surface area (Å²) in [6.45, 7) is 6.50. The van der Waals surface area contributed by atoms with E-state index in [1.54, 1.807) is 12.1 Å². The normalized spacial score (nSPS) is 10.9. The molecule has 0 radical (unpaired) electrons. The fourth-order valence-corrected chi connectivity index (χ4v) is 3.34. The Hall–Kier alpha value is -2.51. The van der Waals surface area contributed by atoms with Crippen LogP contribution in [0.1, 0.15) is 36.7 Å². The largest absolute Gasteiger partial charge is 0.486 e. The lowest BCUT2D eigenvalue weighted by atomic mass is 10.0. The summed E-state index contributed by atoms with van der Waals surface area (Å²) in [5, 5.41) is 10.9. The molecule has 0 spiro atoms. The molecule has 0 aliphatic carbocycles. The average molecular weight is 431 g/mol. The SMILES string of the molecule is Cc1ccc(Cl)cc1NC(=O)CSc1n[nH]c(COc2ccc(C(C)C)cc2)n1. The highest BCUT2D eigenvalue weighted by atomic mass is 35.5. The van der Waals surface area contributed by atoms with E-state index in [0.29, 0.717) is 27.6 Å². The molecule has 2 N–H and O–H groups in total. The first-order chi connectivity index (χ1) is 13.9. The molecule has 3 rings (SSSR count). The van der Waals surface area contributed by atoms with E-state index in [0.717, 1.165) is 11.3 Å². The molecular weight excluding hydrogens is 408 g/mol. The average Bonchev–Trinajstić information content (AvgIpc) is 3.16. The van der Waals surface area contributed by atoms with Crippen LogP contribution in [0.4, 0.5) is 5.69 Å². The van der Waals surface area contributed by atoms with E-state index in [4.69, 9.17) is 16.3 Å². The van der Waals surface area contributed by atoms with Gasteiger partial charge in [-0.15, -0.1) is 5.10 Å². The third-order valence-electron chi connectivity index (χ3n) is 4.24. The van der Waals surface area contributed by atoms with Crippen LogP contribution in [0.5, 0.6) is 5.75 Å². The molecule has 0 aliphatic rings. The number of H-pyrrole nitrogens is 1. The molecule has 0 saturated carbocycles. The van der Waals surface area contributed by atoms with Crippen LogP contribution in [0.3, 0.4) is 0 Å². The van der Waals surface area contributed by atoms with Gasteiger partial charge in [0.1, 0.15) is 12.4 Å². The molecule has 6 nitrogen and oxygen atoms in total. The molecule has 8 heteroatoms. The number of carbonyl (C=O) groups is 1. The molecule has 0 saturated heterocycles. The molecule has 0 bridgehead atoms. The Labute approximate surface area is 179 Å². The van der Waals surface area contributed by atoms with Crippen molar-refractivity contribution in [3.05, 3.63) is 64.4 Å². The molecule has 1 aromatic heterocycles. The second kappa shape index (κ2) is 9.80. The number of rotatable bonds is 8. The van der Waals surface area contributed by atoms with Crippen molar-refractivity contribution in [1.29, 1.82) is 0 Å². The minimum atomic E-state index is -0.145. The Balaban J connectivity index is 1.47. The molecule has 0 unspecified atom stereocenters. The zero-order valence-corrected chi connectivity index (χ0v) is 18.1. The van der Waals surface area contributed by atoms with E-state index in [1.807, 2.05) is 25.1 Å². The van der Waals surface area contributed by atoms with E-state index >= 15 is 0 Å². The number of hydrogen-bond acceptors (Lipinski definition) is 5. The lowest BCUT2D eigenvalue weighted by Gasteiger charge is -2.08. The summed E-state index contributed by atoms with van der Waals surface area (Å²) in [5.74, 6) is 1.91. The monoisotopic (exact) mass is 430 g/mol. The minimum absolute atomic E-state index is 0.145. The zero-order chi connectivity index (χ0) is 20.8. The number of amides is 1. The van der Waals surface area contributed by atoms with Gasteiger partial charge >= 0.3 is 0 Å². The van der Waals surface area contributed by atoms with Crippen molar-refractivity contribution >= 4 is 35.0 Å². The van der Waals surface area contributed by atoms with Crippen LogP contribution < -0.4 is 10.1 Å². The van der Waals surface area contributed by atoms with E-state index in [2.05, 4.69) is 46.5 Å². The molecule has 1 amide bonds. The van der Waals surface area contributed by atoms with Gasteiger partial charge in [0.25, 0.3) is 0 Å². The molecule has 0 aliphatic heterocycles. The number of benzene rings is 2. The molecule has 2 aromatic carbocycles. The first-order valence-corrected chi connectivity index (χ1v) is 10.6. The quantitative estimate of drug-likeness (QED) is 0.480. The second-order valence-corrected chi connectivity index (χ2v) is 8.25. The predicted molar refractivity (Wildman–Crippen MR) is 117 cm³/mol. The highest BCUT2D eigenvalue weighted by Gasteiger charge is 2.10. The van der Waals surface area contributed by atoms with Gasteiger partial charge in [-0.3, -0.25) is 9.89 Å². The topological polar surface area (TPSA) is 79.9 Å². The molecule has 3 aromatic rings. The number of aryl methyl sites for hydroxylation is 1. The van der Waals surface area contributed by atoms with Crippen molar-refractivity contribution < 1.29 is 9.53 Å². The Kier molecular flexibility index (Phi) is 7.17. The van der Waals surface area contributed by atoms with Gasteiger partial charge in [-0.1, -0.05) is 55.4 Å². The van der Waals surface area contributed by atoms with Gasteiger partial charge in [0.05, 0.1) is 5.75 Å². The smallest absolute Gasteiger partial charge is 0.234 e. The maximum Gasteiger partial charge on any atom is 0.234 e. The summed E-state index contributed by atoms with van der Waals surface area (Å²) in [6, 6.07) is 13.4. The number of halogens is 1.